The summed E-state index contributed by atoms with van der Waals surface area (Å²) in [6, 6.07) is 10.4. The number of anilines is 2. The van der Waals surface area contributed by atoms with E-state index in [0.717, 1.165) is 18.4 Å². The topological polar surface area (TPSA) is 93.4 Å². The summed E-state index contributed by atoms with van der Waals surface area (Å²) >= 11 is 0. The molecule has 1 saturated carbocycles. The average molecular weight is 339 g/mol. The number of benzene rings is 2. The molecular formula is C19H21N3O3. The molecule has 0 aliphatic heterocycles. The molecule has 0 bridgehead atoms. The summed E-state index contributed by atoms with van der Waals surface area (Å²) < 4.78 is 5.20. The molecule has 0 saturated heterocycles. The highest BCUT2D eigenvalue weighted by atomic mass is 16.5. The fraction of sp³-hybridized carbons (Fsp3) is 0.263. The molecule has 0 atom stereocenters. The first-order valence-corrected chi connectivity index (χ1v) is 8.14. The van der Waals surface area contributed by atoms with E-state index in [1.54, 1.807) is 36.4 Å². The van der Waals surface area contributed by atoms with Crippen LogP contribution in [0.5, 0.6) is 5.75 Å². The Morgan fingerprint density at radius 1 is 1.08 bits per heavy atom. The van der Waals surface area contributed by atoms with Gasteiger partial charge >= 0.3 is 0 Å². The number of carbonyl (C=O) groups excluding carboxylic acids is 2. The molecule has 0 radical (unpaired) electrons. The van der Waals surface area contributed by atoms with Crippen molar-refractivity contribution in [1.29, 1.82) is 0 Å². The van der Waals surface area contributed by atoms with Gasteiger partial charge in [0.2, 0.25) is 0 Å². The van der Waals surface area contributed by atoms with Crippen LogP contribution in [0.1, 0.15) is 39.1 Å². The van der Waals surface area contributed by atoms with E-state index >= 15 is 0 Å². The SMILES string of the molecule is COc1ccc(NC(=O)c2cc(N)ccc2C)c(C(=O)NC2CC2)c1. The normalized spacial score (nSPS) is 13.2. The summed E-state index contributed by atoms with van der Waals surface area (Å²) in [5, 5.41) is 5.74. The number of nitrogens with one attached hydrogen (secondary N) is 2. The minimum atomic E-state index is -0.310. The largest absolute Gasteiger partial charge is 0.497 e. The minimum absolute atomic E-state index is 0.221. The molecule has 1 aliphatic carbocycles. The van der Waals surface area contributed by atoms with Crippen LogP contribution in [0.4, 0.5) is 11.4 Å². The highest BCUT2D eigenvalue weighted by Crippen LogP contribution is 2.26. The van der Waals surface area contributed by atoms with Gasteiger partial charge in [-0.2, -0.15) is 0 Å². The molecule has 2 aromatic carbocycles. The second kappa shape index (κ2) is 6.84. The van der Waals surface area contributed by atoms with Gasteiger partial charge in [-0.25, -0.2) is 0 Å². The zero-order valence-electron chi connectivity index (χ0n) is 14.3. The minimum Gasteiger partial charge on any atom is -0.497 e. The predicted octanol–water partition coefficient (Wildman–Crippen LogP) is 2.73. The summed E-state index contributed by atoms with van der Waals surface area (Å²) in [7, 11) is 1.53. The van der Waals surface area contributed by atoms with Crippen molar-refractivity contribution in [3.05, 3.63) is 53.1 Å². The van der Waals surface area contributed by atoms with Crippen molar-refractivity contribution < 1.29 is 14.3 Å². The van der Waals surface area contributed by atoms with E-state index in [-0.39, 0.29) is 17.9 Å². The van der Waals surface area contributed by atoms with Crippen LogP contribution >= 0.6 is 0 Å². The number of carbonyl (C=O) groups is 2. The van der Waals surface area contributed by atoms with Crippen molar-refractivity contribution in [2.75, 3.05) is 18.2 Å². The number of hydrogen-bond donors (Lipinski definition) is 3. The zero-order valence-corrected chi connectivity index (χ0v) is 14.3. The molecule has 25 heavy (non-hydrogen) atoms. The first-order chi connectivity index (χ1) is 12.0. The van der Waals surface area contributed by atoms with E-state index in [1.807, 2.05) is 6.92 Å². The van der Waals surface area contributed by atoms with E-state index in [9.17, 15) is 9.59 Å². The van der Waals surface area contributed by atoms with Crippen molar-refractivity contribution in [2.24, 2.45) is 0 Å². The van der Waals surface area contributed by atoms with E-state index < -0.39 is 0 Å². The first-order valence-electron chi connectivity index (χ1n) is 8.14. The van der Waals surface area contributed by atoms with Gasteiger partial charge in [0.15, 0.2) is 0 Å². The fourth-order valence-corrected chi connectivity index (χ4v) is 2.51. The number of nitrogens with two attached hydrogens (primary N) is 1. The van der Waals surface area contributed by atoms with Crippen molar-refractivity contribution in [3.8, 4) is 5.75 Å². The average Bonchev–Trinajstić information content (AvgIpc) is 3.41. The molecule has 1 fully saturated rings. The molecule has 0 unspecified atom stereocenters. The number of aryl methyl sites for hydroxylation is 1. The third-order valence-corrected chi connectivity index (χ3v) is 4.14. The third kappa shape index (κ3) is 3.91. The highest BCUT2D eigenvalue weighted by molar-refractivity contribution is 6.10. The Morgan fingerprint density at radius 2 is 1.84 bits per heavy atom. The summed E-state index contributed by atoms with van der Waals surface area (Å²) in [6.45, 7) is 1.84. The lowest BCUT2D eigenvalue weighted by Crippen LogP contribution is -2.27. The number of nitrogen functional groups attached to an aromatic ring is 1. The summed E-state index contributed by atoms with van der Waals surface area (Å²) in [4.78, 5) is 25.1. The number of amides is 2. The lowest BCUT2D eigenvalue weighted by molar-refractivity contribution is 0.0951. The first kappa shape index (κ1) is 16.8. The lowest BCUT2D eigenvalue weighted by Gasteiger charge is -2.14. The Labute approximate surface area is 146 Å². The molecule has 1 aliphatic rings. The third-order valence-electron chi connectivity index (χ3n) is 4.14. The maximum atomic E-state index is 12.6. The van der Waals surface area contributed by atoms with Gasteiger partial charge in [0.1, 0.15) is 5.75 Å². The van der Waals surface area contributed by atoms with Gasteiger partial charge in [-0.05, 0) is 55.7 Å². The fourth-order valence-electron chi connectivity index (χ4n) is 2.51. The maximum Gasteiger partial charge on any atom is 0.256 e. The molecule has 2 aromatic rings. The van der Waals surface area contributed by atoms with Crippen LogP contribution in [0, 0.1) is 6.92 Å². The summed E-state index contributed by atoms with van der Waals surface area (Å²) in [5.74, 6) is 0.0236. The van der Waals surface area contributed by atoms with Gasteiger partial charge in [0.05, 0.1) is 18.4 Å². The Morgan fingerprint density at radius 3 is 2.52 bits per heavy atom. The molecule has 4 N–H and O–H groups in total. The standard InChI is InChI=1S/C19H21N3O3/c1-11-3-4-12(20)9-15(11)18(23)22-17-8-7-14(25-2)10-16(17)19(24)21-13-5-6-13/h3-4,7-10,13H,5-6,20H2,1-2H3,(H,21,24)(H,22,23). The van der Waals surface area contributed by atoms with Gasteiger partial charge in [-0.15, -0.1) is 0 Å². The van der Waals surface area contributed by atoms with Crippen LogP contribution in [0.25, 0.3) is 0 Å². The van der Waals surface area contributed by atoms with E-state index in [0.29, 0.717) is 28.3 Å². The van der Waals surface area contributed by atoms with Crippen LogP contribution < -0.4 is 21.1 Å². The lowest BCUT2D eigenvalue weighted by atomic mass is 10.1. The number of ether oxygens (including phenoxy) is 1. The second-order valence-electron chi connectivity index (χ2n) is 6.19. The van der Waals surface area contributed by atoms with Crippen LogP contribution in [0.15, 0.2) is 36.4 Å². The van der Waals surface area contributed by atoms with E-state index in [2.05, 4.69) is 10.6 Å². The summed E-state index contributed by atoms with van der Waals surface area (Å²) in [6.07, 6.45) is 1.97. The number of methoxy groups -OCH3 is 1. The molecule has 3 rings (SSSR count). The maximum absolute atomic E-state index is 12.6. The molecule has 0 spiro atoms. The molecule has 130 valence electrons. The highest BCUT2D eigenvalue weighted by Gasteiger charge is 2.25. The number of hydrogen-bond acceptors (Lipinski definition) is 4. The smallest absolute Gasteiger partial charge is 0.256 e. The van der Waals surface area contributed by atoms with Gasteiger partial charge in [0, 0.05) is 17.3 Å². The van der Waals surface area contributed by atoms with E-state index in [1.165, 1.54) is 7.11 Å². The van der Waals surface area contributed by atoms with Crippen molar-refractivity contribution >= 4 is 23.2 Å². The zero-order chi connectivity index (χ0) is 18.0. The molecule has 2 amide bonds. The van der Waals surface area contributed by atoms with Gasteiger partial charge < -0.3 is 21.1 Å². The molecule has 0 heterocycles. The Balaban J connectivity index is 1.89. The van der Waals surface area contributed by atoms with Crippen molar-refractivity contribution in [2.45, 2.75) is 25.8 Å². The quantitative estimate of drug-likeness (QED) is 0.730. The molecule has 6 nitrogen and oxygen atoms in total. The molecular weight excluding hydrogens is 318 g/mol. The Kier molecular flexibility index (Phi) is 4.61. The Bertz CT molecular complexity index is 829. The molecule has 0 aromatic heterocycles. The van der Waals surface area contributed by atoms with Gasteiger partial charge in [-0.1, -0.05) is 6.07 Å². The van der Waals surface area contributed by atoms with Crippen LogP contribution in [0.2, 0.25) is 0 Å². The molecule has 6 heteroatoms. The van der Waals surface area contributed by atoms with Crippen LogP contribution in [0.3, 0.4) is 0 Å². The van der Waals surface area contributed by atoms with Crippen LogP contribution in [-0.2, 0) is 0 Å². The van der Waals surface area contributed by atoms with E-state index in [4.69, 9.17) is 10.5 Å². The van der Waals surface area contributed by atoms with Crippen LogP contribution in [-0.4, -0.2) is 25.0 Å². The summed E-state index contributed by atoms with van der Waals surface area (Å²) in [5.41, 5.74) is 8.38. The number of rotatable bonds is 5. The monoisotopic (exact) mass is 339 g/mol. The second-order valence-corrected chi connectivity index (χ2v) is 6.19. The van der Waals surface area contributed by atoms with Gasteiger partial charge in [-0.3, -0.25) is 9.59 Å². The van der Waals surface area contributed by atoms with Crippen molar-refractivity contribution in [3.63, 3.8) is 0 Å². The Hall–Kier alpha value is -3.02. The predicted molar refractivity (Wildman–Crippen MR) is 97.0 cm³/mol. The van der Waals surface area contributed by atoms with Crippen molar-refractivity contribution in [1.82, 2.24) is 5.32 Å². The van der Waals surface area contributed by atoms with Gasteiger partial charge in [0.25, 0.3) is 11.8 Å².